The van der Waals surface area contributed by atoms with Crippen molar-refractivity contribution in [1.29, 1.82) is 0 Å². The number of benzene rings is 2. The number of rotatable bonds is 3. The number of pyridine rings is 1. The van der Waals surface area contributed by atoms with Crippen LogP contribution in [0.2, 0.25) is 5.02 Å². The lowest BCUT2D eigenvalue weighted by Gasteiger charge is -2.28. The molecule has 2 heterocycles. The number of aromatic nitrogens is 1. The second-order valence-electron chi connectivity index (χ2n) is 6.64. The summed E-state index contributed by atoms with van der Waals surface area (Å²) in [5.74, 6) is -0.491. The third kappa shape index (κ3) is 3.89. The third-order valence-electron chi connectivity index (χ3n) is 4.74. The Bertz CT molecular complexity index is 1050. The highest BCUT2D eigenvalue weighted by atomic mass is 35.5. The van der Waals surface area contributed by atoms with Crippen LogP contribution in [0.5, 0.6) is 0 Å². The summed E-state index contributed by atoms with van der Waals surface area (Å²) in [7, 11) is 0. The van der Waals surface area contributed by atoms with Crippen molar-refractivity contribution in [3.05, 3.63) is 94.3 Å². The minimum atomic E-state index is -0.317. The normalized spacial score (nSPS) is 13.0. The summed E-state index contributed by atoms with van der Waals surface area (Å²) >= 11 is 5.95. The van der Waals surface area contributed by atoms with Gasteiger partial charge in [-0.25, -0.2) is 0 Å². The molecule has 2 aromatic carbocycles. The lowest BCUT2D eigenvalue weighted by molar-refractivity contribution is 0.0728. The number of halogens is 1. The smallest absolute Gasteiger partial charge is 0.272 e. The highest BCUT2D eigenvalue weighted by Crippen LogP contribution is 2.20. The van der Waals surface area contributed by atoms with Gasteiger partial charge in [0.2, 0.25) is 0 Å². The monoisotopic (exact) mass is 391 g/mol. The first-order chi connectivity index (χ1) is 13.6. The molecule has 0 unspecified atom stereocenters. The zero-order chi connectivity index (χ0) is 19.5. The third-order valence-corrected chi connectivity index (χ3v) is 4.98. The highest BCUT2D eigenvalue weighted by molar-refractivity contribution is 6.31. The van der Waals surface area contributed by atoms with Gasteiger partial charge in [0.05, 0.1) is 0 Å². The van der Waals surface area contributed by atoms with Gasteiger partial charge in [-0.1, -0.05) is 41.9 Å². The molecular weight excluding hydrogens is 374 g/mol. The Kier molecular flexibility index (Phi) is 5.08. The van der Waals surface area contributed by atoms with E-state index in [2.05, 4.69) is 16.4 Å². The maximum atomic E-state index is 12.9. The van der Waals surface area contributed by atoms with Crippen LogP contribution in [-0.2, 0) is 13.0 Å². The van der Waals surface area contributed by atoms with Gasteiger partial charge in [0.15, 0.2) is 0 Å². The molecule has 3 aromatic rings. The summed E-state index contributed by atoms with van der Waals surface area (Å²) in [6.07, 6.45) is 2.30. The van der Waals surface area contributed by atoms with Crippen LogP contribution < -0.4 is 5.32 Å². The molecule has 0 aliphatic carbocycles. The SMILES string of the molecule is O=C(Nc1cccc(Cl)c1)c1ccnc(C(=O)N2CCc3ccccc3C2)c1. The van der Waals surface area contributed by atoms with Crippen molar-refractivity contribution in [1.82, 2.24) is 9.88 Å². The number of hydrogen-bond acceptors (Lipinski definition) is 3. The first kappa shape index (κ1) is 18.2. The van der Waals surface area contributed by atoms with Crippen molar-refractivity contribution < 1.29 is 9.59 Å². The van der Waals surface area contributed by atoms with Crippen LogP contribution in [-0.4, -0.2) is 28.2 Å². The maximum absolute atomic E-state index is 12.9. The van der Waals surface area contributed by atoms with E-state index in [9.17, 15) is 9.59 Å². The Labute approximate surface area is 168 Å². The van der Waals surface area contributed by atoms with E-state index in [1.165, 1.54) is 17.8 Å². The van der Waals surface area contributed by atoms with Gasteiger partial charge >= 0.3 is 0 Å². The van der Waals surface area contributed by atoms with Gasteiger partial charge < -0.3 is 10.2 Å². The summed E-state index contributed by atoms with van der Waals surface area (Å²) in [6, 6.07) is 18.1. The Hall–Kier alpha value is -3.18. The molecule has 0 spiro atoms. The second kappa shape index (κ2) is 7.82. The summed E-state index contributed by atoms with van der Waals surface area (Å²) in [6.45, 7) is 1.19. The van der Waals surface area contributed by atoms with Gasteiger partial charge in [0.25, 0.3) is 11.8 Å². The highest BCUT2D eigenvalue weighted by Gasteiger charge is 2.23. The predicted molar refractivity (Wildman–Crippen MR) is 109 cm³/mol. The number of nitrogens with one attached hydrogen (secondary N) is 1. The van der Waals surface area contributed by atoms with E-state index >= 15 is 0 Å². The molecule has 0 atom stereocenters. The molecule has 1 N–H and O–H groups in total. The molecule has 0 radical (unpaired) electrons. The summed E-state index contributed by atoms with van der Waals surface area (Å²) in [5.41, 5.74) is 3.65. The number of carbonyl (C=O) groups is 2. The largest absolute Gasteiger partial charge is 0.333 e. The first-order valence-electron chi connectivity index (χ1n) is 8.99. The van der Waals surface area contributed by atoms with Crippen LogP contribution in [0, 0.1) is 0 Å². The summed E-state index contributed by atoms with van der Waals surface area (Å²) < 4.78 is 0. The zero-order valence-electron chi connectivity index (χ0n) is 15.1. The predicted octanol–water partition coefficient (Wildman–Crippen LogP) is 4.19. The number of nitrogens with zero attached hydrogens (tertiary/aromatic N) is 2. The van der Waals surface area contributed by atoms with Gasteiger partial charge in [-0.05, 0) is 47.9 Å². The molecule has 1 aliphatic rings. The second-order valence-corrected chi connectivity index (χ2v) is 7.08. The van der Waals surface area contributed by atoms with E-state index in [0.29, 0.717) is 29.4 Å². The van der Waals surface area contributed by atoms with Crippen LogP contribution in [0.4, 0.5) is 5.69 Å². The molecule has 1 aliphatic heterocycles. The van der Waals surface area contributed by atoms with E-state index < -0.39 is 0 Å². The fraction of sp³-hybridized carbons (Fsp3) is 0.136. The maximum Gasteiger partial charge on any atom is 0.272 e. The van der Waals surface area contributed by atoms with Crippen LogP contribution >= 0.6 is 11.6 Å². The topological polar surface area (TPSA) is 62.3 Å². The molecule has 140 valence electrons. The molecular formula is C22H18ClN3O2. The number of hydrogen-bond donors (Lipinski definition) is 1. The average Bonchev–Trinajstić information content (AvgIpc) is 2.73. The van der Waals surface area contributed by atoms with E-state index in [0.717, 1.165) is 12.0 Å². The quantitative estimate of drug-likeness (QED) is 0.728. The van der Waals surface area contributed by atoms with E-state index in [1.54, 1.807) is 35.2 Å². The average molecular weight is 392 g/mol. The molecule has 0 bridgehead atoms. The molecule has 2 amide bonds. The van der Waals surface area contributed by atoms with Crippen molar-refractivity contribution >= 4 is 29.1 Å². The van der Waals surface area contributed by atoms with Gasteiger partial charge in [-0.2, -0.15) is 0 Å². The van der Waals surface area contributed by atoms with Crippen molar-refractivity contribution in [2.75, 3.05) is 11.9 Å². The zero-order valence-corrected chi connectivity index (χ0v) is 15.8. The molecule has 5 nitrogen and oxygen atoms in total. The van der Waals surface area contributed by atoms with Crippen LogP contribution in [0.3, 0.4) is 0 Å². The Morgan fingerprint density at radius 3 is 2.64 bits per heavy atom. The Morgan fingerprint density at radius 2 is 1.82 bits per heavy atom. The molecule has 1 aromatic heterocycles. The van der Waals surface area contributed by atoms with Gasteiger partial charge in [-0.3, -0.25) is 14.6 Å². The minimum Gasteiger partial charge on any atom is -0.333 e. The first-order valence-corrected chi connectivity index (χ1v) is 9.37. The molecule has 0 saturated heterocycles. The molecule has 4 rings (SSSR count). The molecule has 6 heteroatoms. The Balaban J connectivity index is 1.50. The standard InChI is InChI=1S/C22H18ClN3O2/c23-18-6-3-7-19(13-18)25-21(27)16-8-10-24-20(12-16)22(28)26-11-9-15-4-1-2-5-17(15)14-26/h1-8,10,12-13H,9,11,14H2,(H,25,27). The van der Waals surface area contributed by atoms with Gasteiger partial charge in [0, 0.05) is 35.6 Å². The van der Waals surface area contributed by atoms with Crippen molar-refractivity contribution in [3.8, 4) is 0 Å². The fourth-order valence-corrected chi connectivity index (χ4v) is 3.48. The van der Waals surface area contributed by atoms with Crippen LogP contribution in [0.25, 0.3) is 0 Å². The van der Waals surface area contributed by atoms with Crippen molar-refractivity contribution in [3.63, 3.8) is 0 Å². The van der Waals surface area contributed by atoms with Crippen molar-refractivity contribution in [2.45, 2.75) is 13.0 Å². The van der Waals surface area contributed by atoms with Crippen LogP contribution in [0.15, 0.2) is 66.9 Å². The van der Waals surface area contributed by atoms with E-state index in [1.807, 2.05) is 18.2 Å². The number of amides is 2. The molecule has 28 heavy (non-hydrogen) atoms. The Morgan fingerprint density at radius 1 is 1.00 bits per heavy atom. The number of carbonyl (C=O) groups excluding carboxylic acids is 2. The van der Waals surface area contributed by atoms with Crippen LogP contribution in [0.1, 0.15) is 32.0 Å². The minimum absolute atomic E-state index is 0.174. The number of fused-ring (bicyclic) bond motifs is 1. The molecule has 0 fully saturated rings. The van der Waals surface area contributed by atoms with Crippen molar-refractivity contribution in [2.24, 2.45) is 0 Å². The van der Waals surface area contributed by atoms with Gasteiger partial charge in [0.1, 0.15) is 5.69 Å². The summed E-state index contributed by atoms with van der Waals surface area (Å²) in [5, 5.41) is 3.32. The van der Waals surface area contributed by atoms with E-state index in [4.69, 9.17) is 11.6 Å². The fourth-order valence-electron chi connectivity index (χ4n) is 3.29. The lowest BCUT2D eigenvalue weighted by atomic mass is 9.99. The molecule has 0 saturated carbocycles. The van der Waals surface area contributed by atoms with E-state index in [-0.39, 0.29) is 17.5 Å². The summed E-state index contributed by atoms with van der Waals surface area (Å²) in [4.78, 5) is 31.4. The lowest BCUT2D eigenvalue weighted by Crippen LogP contribution is -2.36. The van der Waals surface area contributed by atoms with Gasteiger partial charge in [-0.15, -0.1) is 0 Å². The number of anilines is 1.